The van der Waals surface area contributed by atoms with E-state index >= 15 is 0 Å². The summed E-state index contributed by atoms with van der Waals surface area (Å²) in [6, 6.07) is 23.0. The fraction of sp³-hybridized carbons (Fsp3) is 0.130. The molecule has 2 unspecified atom stereocenters. The number of rotatable bonds is 5. The molecule has 3 aromatic rings. The molecule has 1 saturated heterocycles. The van der Waals surface area contributed by atoms with Gasteiger partial charge in [-0.2, -0.15) is 0 Å². The SMILES string of the molecule is O=C(Nc1ccc(OC(=O)C2CC(c3ccccc3)NN2)cc1)c1ccccc1Cl. The van der Waals surface area contributed by atoms with Gasteiger partial charge < -0.3 is 10.1 Å². The summed E-state index contributed by atoms with van der Waals surface area (Å²) in [6.45, 7) is 0. The first kappa shape index (κ1) is 20.1. The van der Waals surface area contributed by atoms with Crippen molar-refractivity contribution >= 4 is 29.2 Å². The Bertz CT molecular complexity index is 1040. The van der Waals surface area contributed by atoms with Crippen LogP contribution in [0, 0.1) is 0 Å². The van der Waals surface area contributed by atoms with Gasteiger partial charge in [0, 0.05) is 11.7 Å². The largest absolute Gasteiger partial charge is 0.425 e. The van der Waals surface area contributed by atoms with Crippen molar-refractivity contribution in [3.05, 3.63) is 95.0 Å². The van der Waals surface area contributed by atoms with Crippen LogP contribution in [0.2, 0.25) is 5.02 Å². The number of carbonyl (C=O) groups is 2. The highest BCUT2D eigenvalue weighted by Crippen LogP contribution is 2.24. The lowest BCUT2D eigenvalue weighted by Crippen LogP contribution is -2.38. The van der Waals surface area contributed by atoms with Gasteiger partial charge in [-0.05, 0) is 48.4 Å². The van der Waals surface area contributed by atoms with Crippen molar-refractivity contribution in [3.63, 3.8) is 0 Å². The minimum absolute atomic E-state index is 0.0474. The van der Waals surface area contributed by atoms with Crippen molar-refractivity contribution in [2.45, 2.75) is 18.5 Å². The van der Waals surface area contributed by atoms with Gasteiger partial charge in [-0.25, -0.2) is 15.6 Å². The third kappa shape index (κ3) is 4.68. The normalized spacial score (nSPS) is 18.0. The third-order valence-corrected chi connectivity index (χ3v) is 5.17. The van der Waals surface area contributed by atoms with Gasteiger partial charge in [-0.1, -0.05) is 54.1 Å². The van der Waals surface area contributed by atoms with Crippen LogP contribution in [-0.4, -0.2) is 17.9 Å². The zero-order chi connectivity index (χ0) is 20.9. The van der Waals surface area contributed by atoms with E-state index in [1.807, 2.05) is 30.3 Å². The Hall–Kier alpha value is -3.19. The van der Waals surface area contributed by atoms with Crippen LogP contribution in [0.1, 0.15) is 28.4 Å². The molecule has 1 fully saturated rings. The van der Waals surface area contributed by atoms with Crippen molar-refractivity contribution in [3.8, 4) is 5.75 Å². The summed E-state index contributed by atoms with van der Waals surface area (Å²) in [5.74, 6) is -0.270. The Morgan fingerprint density at radius 3 is 2.33 bits per heavy atom. The van der Waals surface area contributed by atoms with Crippen molar-refractivity contribution < 1.29 is 14.3 Å². The molecule has 0 spiro atoms. The van der Waals surface area contributed by atoms with Crippen molar-refractivity contribution in [2.75, 3.05) is 5.32 Å². The Morgan fingerprint density at radius 1 is 0.900 bits per heavy atom. The van der Waals surface area contributed by atoms with E-state index in [1.54, 1.807) is 48.5 Å². The summed E-state index contributed by atoms with van der Waals surface area (Å²) in [7, 11) is 0. The Balaban J connectivity index is 1.33. The number of nitrogens with one attached hydrogen (secondary N) is 3. The van der Waals surface area contributed by atoms with Gasteiger partial charge in [0.2, 0.25) is 0 Å². The molecule has 1 aliphatic heterocycles. The number of hydrogen-bond acceptors (Lipinski definition) is 5. The van der Waals surface area contributed by atoms with E-state index in [2.05, 4.69) is 16.2 Å². The summed E-state index contributed by atoms with van der Waals surface area (Å²) in [4.78, 5) is 24.8. The highest BCUT2D eigenvalue weighted by molar-refractivity contribution is 6.34. The molecule has 0 saturated carbocycles. The number of esters is 1. The summed E-state index contributed by atoms with van der Waals surface area (Å²) >= 11 is 6.05. The molecule has 0 aromatic heterocycles. The van der Waals surface area contributed by atoms with Crippen molar-refractivity contribution in [1.29, 1.82) is 0 Å². The standard InChI is InChI=1S/C23H20ClN3O3/c24-19-9-5-4-8-18(19)22(28)25-16-10-12-17(13-11-16)30-23(29)21-14-20(26-27-21)15-6-2-1-3-7-15/h1-13,20-21,26-27H,14H2,(H,25,28). The van der Waals surface area contributed by atoms with Crippen LogP contribution < -0.4 is 20.9 Å². The van der Waals surface area contributed by atoms with E-state index in [0.717, 1.165) is 5.56 Å². The molecule has 1 aliphatic rings. The molecular weight excluding hydrogens is 402 g/mol. The fourth-order valence-corrected chi connectivity index (χ4v) is 3.47. The van der Waals surface area contributed by atoms with Gasteiger partial charge in [0.15, 0.2) is 0 Å². The maximum atomic E-state index is 12.5. The summed E-state index contributed by atoms with van der Waals surface area (Å²) < 4.78 is 5.47. The maximum absolute atomic E-state index is 12.5. The van der Waals surface area contributed by atoms with Gasteiger partial charge in [0.25, 0.3) is 5.91 Å². The smallest absolute Gasteiger partial charge is 0.329 e. The summed E-state index contributed by atoms with van der Waals surface area (Å²) in [5.41, 5.74) is 8.20. The minimum atomic E-state index is -0.449. The molecule has 7 heteroatoms. The quantitative estimate of drug-likeness (QED) is 0.427. The van der Waals surface area contributed by atoms with Crippen LogP contribution in [0.25, 0.3) is 0 Å². The summed E-state index contributed by atoms with van der Waals surface area (Å²) in [6.07, 6.45) is 0.592. The average molecular weight is 422 g/mol. The van der Waals surface area contributed by atoms with Crippen molar-refractivity contribution in [2.24, 2.45) is 0 Å². The van der Waals surface area contributed by atoms with E-state index in [0.29, 0.717) is 28.4 Å². The molecule has 3 N–H and O–H groups in total. The van der Waals surface area contributed by atoms with Crippen LogP contribution in [0.15, 0.2) is 78.9 Å². The number of carbonyl (C=O) groups excluding carboxylic acids is 2. The molecule has 4 rings (SSSR count). The lowest BCUT2D eigenvalue weighted by Gasteiger charge is -2.11. The number of ether oxygens (including phenoxy) is 1. The lowest BCUT2D eigenvalue weighted by atomic mass is 10.0. The van der Waals surface area contributed by atoms with E-state index in [4.69, 9.17) is 16.3 Å². The van der Waals surface area contributed by atoms with Gasteiger partial charge >= 0.3 is 5.97 Å². The molecule has 3 aromatic carbocycles. The predicted octanol–water partition coefficient (Wildman–Crippen LogP) is 4.11. The monoisotopic (exact) mass is 421 g/mol. The molecule has 1 heterocycles. The van der Waals surface area contributed by atoms with Crippen molar-refractivity contribution in [1.82, 2.24) is 10.9 Å². The number of hydrazine groups is 1. The number of amides is 1. The maximum Gasteiger partial charge on any atom is 0.329 e. The van der Waals surface area contributed by atoms with E-state index < -0.39 is 6.04 Å². The zero-order valence-corrected chi connectivity index (χ0v) is 16.7. The van der Waals surface area contributed by atoms with Crippen LogP contribution >= 0.6 is 11.6 Å². The van der Waals surface area contributed by atoms with Gasteiger partial charge in [-0.3, -0.25) is 4.79 Å². The number of halogens is 1. The average Bonchev–Trinajstić information content (AvgIpc) is 3.26. The predicted molar refractivity (Wildman–Crippen MR) is 115 cm³/mol. The Kier molecular flexibility index (Phi) is 6.09. The highest BCUT2D eigenvalue weighted by Gasteiger charge is 2.31. The second kappa shape index (κ2) is 9.09. The molecular formula is C23H20ClN3O3. The lowest BCUT2D eigenvalue weighted by molar-refractivity contribution is -0.136. The highest BCUT2D eigenvalue weighted by atomic mass is 35.5. The van der Waals surface area contributed by atoms with Gasteiger partial charge in [-0.15, -0.1) is 0 Å². The van der Waals surface area contributed by atoms with Crippen LogP contribution in [0.4, 0.5) is 5.69 Å². The molecule has 30 heavy (non-hydrogen) atoms. The van der Waals surface area contributed by atoms with Gasteiger partial charge in [0.1, 0.15) is 11.8 Å². The number of benzene rings is 3. The minimum Gasteiger partial charge on any atom is -0.425 e. The van der Waals surface area contributed by atoms with Crippen LogP contribution in [0.5, 0.6) is 5.75 Å². The van der Waals surface area contributed by atoms with Gasteiger partial charge in [0.05, 0.1) is 10.6 Å². The topological polar surface area (TPSA) is 79.5 Å². The van der Waals surface area contributed by atoms with E-state index in [1.165, 1.54) is 0 Å². The molecule has 0 aliphatic carbocycles. The molecule has 0 bridgehead atoms. The third-order valence-electron chi connectivity index (χ3n) is 4.84. The fourth-order valence-electron chi connectivity index (χ4n) is 3.25. The molecule has 6 nitrogen and oxygen atoms in total. The molecule has 1 amide bonds. The van der Waals surface area contributed by atoms with E-state index in [9.17, 15) is 9.59 Å². The second-order valence-corrected chi connectivity index (χ2v) is 7.33. The van der Waals surface area contributed by atoms with Crippen LogP contribution in [0.3, 0.4) is 0 Å². The summed E-state index contributed by atoms with van der Waals surface area (Å²) in [5, 5.41) is 3.15. The number of hydrogen-bond donors (Lipinski definition) is 3. The first-order valence-electron chi connectivity index (χ1n) is 9.54. The second-order valence-electron chi connectivity index (χ2n) is 6.92. The Morgan fingerprint density at radius 2 is 1.60 bits per heavy atom. The van der Waals surface area contributed by atoms with Crippen LogP contribution in [-0.2, 0) is 4.79 Å². The molecule has 0 radical (unpaired) electrons. The number of anilines is 1. The zero-order valence-electron chi connectivity index (χ0n) is 16.0. The Labute approximate surface area is 179 Å². The molecule has 152 valence electrons. The first-order chi connectivity index (χ1) is 14.6. The van der Waals surface area contributed by atoms with E-state index in [-0.39, 0.29) is 17.9 Å². The molecule has 2 atom stereocenters. The first-order valence-corrected chi connectivity index (χ1v) is 9.91.